The number of hydrogen-bond acceptors (Lipinski definition) is 9. The first-order chi connectivity index (χ1) is 15.0. The fourth-order valence-corrected chi connectivity index (χ4v) is 3.75. The van der Waals surface area contributed by atoms with Crippen molar-refractivity contribution in [2.75, 3.05) is 22.6 Å². The summed E-state index contributed by atoms with van der Waals surface area (Å²) in [4.78, 5) is 29.3. The Bertz CT molecular complexity index is 1010. The molecular weight excluding hydrogens is 431 g/mol. The zero-order valence-corrected chi connectivity index (χ0v) is 17.5. The van der Waals surface area contributed by atoms with Crippen molar-refractivity contribution >= 4 is 23.4 Å². The van der Waals surface area contributed by atoms with Crippen LogP contribution < -0.4 is 20.3 Å². The fourth-order valence-electron chi connectivity index (χ4n) is 3.75. The van der Waals surface area contributed by atoms with Gasteiger partial charge in [-0.1, -0.05) is 0 Å². The lowest BCUT2D eigenvalue weighted by atomic mass is 9.89. The van der Waals surface area contributed by atoms with Gasteiger partial charge in [0.15, 0.2) is 11.6 Å². The van der Waals surface area contributed by atoms with E-state index in [0.717, 1.165) is 12.4 Å². The molecule has 1 aliphatic heterocycles. The summed E-state index contributed by atoms with van der Waals surface area (Å²) in [5.41, 5.74) is 1.08. The SMILES string of the molecule is Cc1nc(N[C@H]2C[C@H](Oc3cnc(C(F)(F)F)nc3)C2)nc2c1NC(=O)[C@H]([C@H](C)O)N2C. The number of aliphatic hydroxyl groups is 1. The van der Waals surface area contributed by atoms with Crippen LogP contribution >= 0.6 is 0 Å². The second kappa shape index (κ2) is 8.04. The molecule has 2 aromatic rings. The molecule has 10 nitrogen and oxygen atoms in total. The third kappa shape index (κ3) is 4.24. The summed E-state index contributed by atoms with van der Waals surface area (Å²) in [5.74, 6) is -0.496. The Morgan fingerprint density at radius 1 is 1.28 bits per heavy atom. The first kappa shape index (κ1) is 22.0. The second-order valence-corrected chi connectivity index (χ2v) is 7.91. The number of nitrogens with zero attached hydrogens (tertiary/aromatic N) is 5. The Balaban J connectivity index is 1.37. The van der Waals surface area contributed by atoms with E-state index in [2.05, 4.69) is 30.6 Å². The molecule has 4 rings (SSSR count). The van der Waals surface area contributed by atoms with Crippen LogP contribution in [0.3, 0.4) is 0 Å². The van der Waals surface area contributed by atoms with Gasteiger partial charge >= 0.3 is 6.18 Å². The number of anilines is 3. The molecule has 0 aromatic carbocycles. The molecule has 32 heavy (non-hydrogen) atoms. The normalized spacial score (nSPS) is 23.7. The molecule has 13 heteroatoms. The van der Waals surface area contributed by atoms with Gasteiger partial charge in [-0.3, -0.25) is 4.79 Å². The highest BCUT2D eigenvalue weighted by Crippen LogP contribution is 2.34. The molecular formula is C19H22F3N7O3. The van der Waals surface area contributed by atoms with Crippen molar-refractivity contribution in [3.05, 3.63) is 23.9 Å². The molecule has 0 radical (unpaired) electrons. The van der Waals surface area contributed by atoms with Gasteiger partial charge in [-0.15, -0.1) is 0 Å². The lowest BCUT2D eigenvalue weighted by molar-refractivity contribution is -0.145. The minimum Gasteiger partial charge on any atom is -0.487 e. The van der Waals surface area contributed by atoms with Crippen molar-refractivity contribution in [1.29, 1.82) is 0 Å². The summed E-state index contributed by atoms with van der Waals surface area (Å²) in [6, 6.07) is -0.763. The first-order valence-electron chi connectivity index (χ1n) is 9.95. The number of fused-ring (bicyclic) bond motifs is 1. The van der Waals surface area contributed by atoms with Gasteiger partial charge in [0.05, 0.1) is 24.2 Å². The summed E-state index contributed by atoms with van der Waals surface area (Å²) in [6.07, 6.45) is -2.49. The van der Waals surface area contributed by atoms with E-state index in [1.54, 1.807) is 18.9 Å². The van der Waals surface area contributed by atoms with E-state index in [1.807, 2.05) is 0 Å². The molecule has 1 aliphatic carbocycles. The second-order valence-electron chi connectivity index (χ2n) is 7.91. The largest absolute Gasteiger partial charge is 0.487 e. The average Bonchev–Trinajstić information content (AvgIpc) is 2.67. The Morgan fingerprint density at radius 2 is 1.94 bits per heavy atom. The van der Waals surface area contributed by atoms with Crippen LogP contribution in [0.1, 0.15) is 31.3 Å². The van der Waals surface area contributed by atoms with E-state index in [9.17, 15) is 23.1 Å². The predicted molar refractivity (Wildman–Crippen MR) is 107 cm³/mol. The van der Waals surface area contributed by atoms with E-state index in [4.69, 9.17) is 4.74 Å². The van der Waals surface area contributed by atoms with Crippen LogP contribution in [0.4, 0.5) is 30.6 Å². The Hall–Kier alpha value is -3.22. The van der Waals surface area contributed by atoms with Gasteiger partial charge in [0.1, 0.15) is 17.8 Å². The van der Waals surface area contributed by atoms with Gasteiger partial charge in [-0.05, 0) is 13.8 Å². The van der Waals surface area contributed by atoms with E-state index in [-0.39, 0.29) is 23.8 Å². The number of amides is 1. The summed E-state index contributed by atoms with van der Waals surface area (Å²) in [7, 11) is 1.69. The maximum Gasteiger partial charge on any atom is 0.451 e. The highest BCUT2D eigenvalue weighted by Gasteiger charge is 2.38. The van der Waals surface area contributed by atoms with Crippen LogP contribution in [0.15, 0.2) is 12.4 Å². The number of rotatable bonds is 5. The van der Waals surface area contributed by atoms with Crippen molar-refractivity contribution in [2.45, 2.75) is 57.2 Å². The molecule has 2 aromatic heterocycles. The van der Waals surface area contributed by atoms with Crippen molar-refractivity contribution < 1.29 is 27.8 Å². The number of halogens is 3. The van der Waals surface area contributed by atoms with Crippen molar-refractivity contribution in [3.8, 4) is 5.75 Å². The van der Waals surface area contributed by atoms with Gasteiger partial charge in [-0.25, -0.2) is 15.0 Å². The molecule has 0 spiro atoms. The lowest BCUT2D eigenvalue weighted by Crippen LogP contribution is -2.52. The van der Waals surface area contributed by atoms with Crippen molar-refractivity contribution in [2.24, 2.45) is 0 Å². The summed E-state index contributed by atoms with van der Waals surface area (Å²) >= 11 is 0. The van der Waals surface area contributed by atoms with Crippen molar-refractivity contribution in [1.82, 2.24) is 19.9 Å². The predicted octanol–water partition coefficient (Wildman–Crippen LogP) is 1.75. The maximum atomic E-state index is 12.5. The minimum atomic E-state index is -4.59. The number of nitrogens with one attached hydrogen (secondary N) is 2. The first-order valence-corrected chi connectivity index (χ1v) is 9.95. The molecule has 3 N–H and O–H groups in total. The van der Waals surface area contributed by atoms with Gasteiger partial charge in [0.25, 0.3) is 0 Å². The Morgan fingerprint density at radius 3 is 2.53 bits per heavy atom. The lowest BCUT2D eigenvalue weighted by Gasteiger charge is -2.37. The number of alkyl halides is 3. The molecule has 3 heterocycles. The molecule has 172 valence electrons. The van der Waals surface area contributed by atoms with Crippen LogP contribution in [-0.4, -0.2) is 62.3 Å². The molecule has 1 fully saturated rings. The summed E-state index contributed by atoms with van der Waals surface area (Å²) in [5, 5.41) is 15.9. The molecule has 0 saturated heterocycles. The van der Waals surface area contributed by atoms with Crippen LogP contribution in [0.25, 0.3) is 0 Å². The molecule has 0 unspecified atom stereocenters. The van der Waals surface area contributed by atoms with Crippen LogP contribution in [0.5, 0.6) is 5.75 Å². The smallest absolute Gasteiger partial charge is 0.451 e. The monoisotopic (exact) mass is 453 g/mol. The molecule has 1 amide bonds. The highest BCUT2D eigenvalue weighted by molar-refractivity contribution is 6.03. The number of aryl methyl sites for hydroxylation is 1. The van der Waals surface area contributed by atoms with E-state index in [1.165, 1.54) is 6.92 Å². The van der Waals surface area contributed by atoms with Gasteiger partial charge in [-0.2, -0.15) is 18.2 Å². The molecule has 0 bridgehead atoms. The number of hydrogen-bond donors (Lipinski definition) is 3. The topological polar surface area (TPSA) is 125 Å². The fraction of sp³-hybridized carbons (Fsp3) is 0.526. The standard InChI is InChI=1S/C19H22F3N7O3/c1-8-13-15(29(3)14(9(2)30)16(31)27-13)28-18(25-8)26-10-4-11(5-10)32-12-6-23-17(24-7-12)19(20,21)22/h6-7,9-11,14,30H,4-5H2,1-3H3,(H,27,31)(H,25,26,28)/t9-,10-,11-,14-/m0/s1. The van der Waals surface area contributed by atoms with Gasteiger partial charge < -0.3 is 25.4 Å². The zero-order chi connectivity index (χ0) is 23.2. The summed E-state index contributed by atoms with van der Waals surface area (Å²) < 4.78 is 43.2. The zero-order valence-electron chi connectivity index (χ0n) is 17.5. The maximum absolute atomic E-state index is 12.5. The number of likely N-dealkylation sites (N-methyl/N-ethyl adjacent to an activating group) is 1. The number of carbonyl (C=O) groups excluding carboxylic acids is 1. The van der Waals surface area contributed by atoms with E-state index < -0.39 is 24.1 Å². The average molecular weight is 453 g/mol. The highest BCUT2D eigenvalue weighted by atomic mass is 19.4. The number of carbonyl (C=O) groups is 1. The van der Waals surface area contributed by atoms with Gasteiger partial charge in [0, 0.05) is 25.9 Å². The third-order valence-corrected chi connectivity index (χ3v) is 5.41. The molecule has 1 saturated carbocycles. The van der Waals surface area contributed by atoms with Crippen LogP contribution in [0.2, 0.25) is 0 Å². The third-order valence-electron chi connectivity index (χ3n) is 5.41. The van der Waals surface area contributed by atoms with Crippen molar-refractivity contribution in [3.63, 3.8) is 0 Å². The Labute approximate surface area is 181 Å². The minimum absolute atomic E-state index is 0.00358. The Kier molecular flexibility index (Phi) is 5.53. The summed E-state index contributed by atoms with van der Waals surface area (Å²) in [6.45, 7) is 3.29. The van der Waals surface area contributed by atoms with Crippen LogP contribution in [0, 0.1) is 6.92 Å². The van der Waals surface area contributed by atoms with Crippen LogP contribution in [-0.2, 0) is 11.0 Å². The van der Waals surface area contributed by atoms with Gasteiger partial charge in [0.2, 0.25) is 17.7 Å². The van der Waals surface area contributed by atoms with E-state index >= 15 is 0 Å². The van der Waals surface area contributed by atoms with E-state index in [0.29, 0.717) is 36.0 Å². The molecule has 2 aliphatic rings. The number of ether oxygens (including phenoxy) is 1. The quantitative estimate of drug-likeness (QED) is 0.621. The molecule has 2 atom stereocenters. The number of aromatic nitrogens is 4. The number of aliphatic hydroxyl groups excluding tert-OH is 1.